The van der Waals surface area contributed by atoms with Gasteiger partial charge in [0.05, 0.1) is 35.4 Å². The van der Waals surface area contributed by atoms with E-state index >= 15 is 0 Å². The Labute approximate surface area is 197 Å². The van der Waals surface area contributed by atoms with Crippen LogP contribution in [0.4, 0.5) is 29.2 Å². The van der Waals surface area contributed by atoms with E-state index in [0.717, 1.165) is 25.1 Å². The minimum atomic E-state index is -4.67. The zero-order valence-corrected chi connectivity index (χ0v) is 18.8. The molecule has 1 atom stereocenters. The predicted octanol–water partition coefficient (Wildman–Crippen LogP) is 5.45. The quantitative estimate of drug-likeness (QED) is 0.319. The Morgan fingerprint density at radius 2 is 2.00 bits per heavy atom. The summed E-state index contributed by atoms with van der Waals surface area (Å²) in [6, 6.07) is 5.27. The first-order valence-corrected chi connectivity index (χ1v) is 11.4. The average Bonchev–Trinajstić information content (AvgIpc) is 3.64. The van der Waals surface area contributed by atoms with Gasteiger partial charge in [-0.3, -0.25) is 14.5 Å². The number of rotatable bonds is 8. The van der Waals surface area contributed by atoms with Crippen LogP contribution in [0, 0.1) is 5.82 Å². The highest BCUT2D eigenvalue weighted by molar-refractivity contribution is 8.01. The average molecular weight is 493 g/mol. The standard InChI is InChI=1S/C22H20F4N6OS/c1-2-14(16-7-8-28-21(31-16)32-34-13-4-5-13)20(33)30-17-6-3-12(9-15(17)23)18-10-27-11-19(29-18)22(24,25)26/h3,6-11,13-14H,2,4-5H2,1H3,(H,30,33)(H,28,31,32). The molecular formula is C22H20F4N6OS. The van der Waals surface area contributed by atoms with Crippen LogP contribution < -0.4 is 10.0 Å². The number of nitrogens with zero attached hydrogens (tertiary/aromatic N) is 4. The van der Waals surface area contributed by atoms with Crippen LogP contribution in [0.15, 0.2) is 42.9 Å². The maximum Gasteiger partial charge on any atom is 0.434 e. The molecule has 1 amide bonds. The molecule has 2 N–H and O–H groups in total. The molecule has 1 unspecified atom stereocenters. The van der Waals surface area contributed by atoms with Gasteiger partial charge < -0.3 is 5.32 Å². The number of hydrogen-bond donors (Lipinski definition) is 2. The lowest BCUT2D eigenvalue weighted by Gasteiger charge is -2.16. The monoisotopic (exact) mass is 492 g/mol. The van der Waals surface area contributed by atoms with Crippen molar-refractivity contribution in [2.75, 3.05) is 10.0 Å². The van der Waals surface area contributed by atoms with E-state index in [9.17, 15) is 22.4 Å². The Hall–Kier alpha value is -3.28. The SMILES string of the molecule is CCC(C(=O)Nc1ccc(-c2cncc(C(F)(F)F)n2)cc1F)c1ccnc(NSC2CC2)n1. The summed E-state index contributed by atoms with van der Waals surface area (Å²) in [5, 5.41) is 3.08. The zero-order valence-electron chi connectivity index (χ0n) is 17.9. The highest BCUT2D eigenvalue weighted by Gasteiger charge is 2.33. The molecule has 7 nitrogen and oxygen atoms in total. The number of anilines is 2. The lowest BCUT2D eigenvalue weighted by molar-refractivity contribution is -0.141. The molecule has 3 aromatic rings. The van der Waals surface area contributed by atoms with Crippen molar-refractivity contribution in [1.29, 1.82) is 0 Å². The van der Waals surface area contributed by atoms with Crippen molar-refractivity contribution < 1.29 is 22.4 Å². The minimum Gasteiger partial charge on any atom is -0.323 e. The topological polar surface area (TPSA) is 92.7 Å². The summed E-state index contributed by atoms with van der Waals surface area (Å²) in [6.07, 6.45) is 1.29. The molecule has 0 bridgehead atoms. The van der Waals surface area contributed by atoms with Crippen LogP contribution in [0.5, 0.6) is 0 Å². The van der Waals surface area contributed by atoms with Crippen molar-refractivity contribution in [2.24, 2.45) is 0 Å². The fourth-order valence-electron chi connectivity index (χ4n) is 3.10. The number of alkyl halides is 3. The second-order valence-corrected chi connectivity index (χ2v) is 8.76. The summed E-state index contributed by atoms with van der Waals surface area (Å²) in [4.78, 5) is 28.5. The van der Waals surface area contributed by atoms with Gasteiger partial charge in [0, 0.05) is 17.0 Å². The first kappa shape index (κ1) is 23.9. The van der Waals surface area contributed by atoms with Gasteiger partial charge >= 0.3 is 6.18 Å². The fraction of sp³-hybridized carbons (Fsp3) is 0.318. The van der Waals surface area contributed by atoms with Gasteiger partial charge in [0.1, 0.15) is 5.82 Å². The van der Waals surface area contributed by atoms with Gasteiger partial charge in [-0.05, 0) is 49.4 Å². The van der Waals surface area contributed by atoms with Gasteiger partial charge in [0.25, 0.3) is 0 Å². The lowest BCUT2D eigenvalue weighted by Crippen LogP contribution is -2.22. The Kier molecular flexibility index (Phi) is 6.96. The number of aromatic nitrogens is 4. The van der Waals surface area contributed by atoms with E-state index in [2.05, 4.69) is 30.0 Å². The van der Waals surface area contributed by atoms with Gasteiger partial charge in [0.15, 0.2) is 5.69 Å². The molecule has 0 spiro atoms. The van der Waals surface area contributed by atoms with Crippen molar-refractivity contribution in [1.82, 2.24) is 19.9 Å². The number of nitrogens with one attached hydrogen (secondary N) is 2. The van der Waals surface area contributed by atoms with E-state index in [1.165, 1.54) is 12.1 Å². The van der Waals surface area contributed by atoms with Crippen molar-refractivity contribution in [3.05, 3.63) is 60.1 Å². The van der Waals surface area contributed by atoms with Crippen LogP contribution in [0.3, 0.4) is 0 Å². The molecule has 1 aliphatic rings. The first-order chi connectivity index (χ1) is 16.2. The molecule has 2 aromatic heterocycles. The Balaban J connectivity index is 1.48. The Bertz CT molecular complexity index is 1190. The third-order valence-electron chi connectivity index (χ3n) is 5.05. The summed E-state index contributed by atoms with van der Waals surface area (Å²) in [5.41, 5.74) is -0.833. The van der Waals surface area contributed by atoms with Crippen molar-refractivity contribution >= 4 is 29.5 Å². The lowest BCUT2D eigenvalue weighted by atomic mass is 10.0. The van der Waals surface area contributed by atoms with E-state index in [0.29, 0.717) is 29.5 Å². The number of amides is 1. The normalized spacial score (nSPS) is 14.5. The third-order valence-corrected chi connectivity index (χ3v) is 6.15. The molecule has 0 aliphatic heterocycles. The van der Waals surface area contributed by atoms with Crippen molar-refractivity contribution in [3.8, 4) is 11.3 Å². The molecule has 1 saturated carbocycles. The maximum atomic E-state index is 14.7. The van der Waals surface area contributed by atoms with E-state index in [4.69, 9.17) is 0 Å². The predicted molar refractivity (Wildman–Crippen MR) is 120 cm³/mol. The number of carbonyl (C=O) groups is 1. The summed E-state index contributed by atoms with van der Waals surface area (Å²) in [7, 11) is 0. The molecule has 178 valence electrons. The van der Waals surface area contributed by atoms with Crippen molar-refractivity contribution in [2.45, 2.75) is 43.5 Å². The Morgan fingerprint density at radius 1 is 1.21 bits per heavy atom. The van der Waals surface area contributed by atoms with Crippen LogP contribution in [0.1, 0.15) is 43.5 Å². The minimum absolute atomic E-state index is 0.0980. The van der Waals surface area contributed by atoms with E-state index in [-0.39, 0.29) is 16.9 Å². The summed E-state index contributed by atoms with van der Waals surface area (Å²) in [6.45, 7) is 1.81. The fourth-order valence-corrected chi connectivity index (χ4v) is 3.85. The van der Waals surface area contributed by atoms with E-state index < -0.39 is 29.5 Å². The largest absolute Gasteiger partial charge is 0.434 e. The maximum absolute atomic E-state index is 14.7. The van der Waals surface area contributed by atoms with Gasteiger partial charge in [-0.1, -0.05) is 13.0 Å². The van der Waals surface area contributed by atoms with Gasteiger partial charge in [0.2, 0.25) is 11.9 Å². The summed E-state index contributed by atoms with van der Waals surface area (Å²) in [5.74, 6) is -1.53. The molecule has 0 saturated heterocycles. The van der Waals surface area contributed by atoms with E-state index in [1.54, 1.807) is 24.2 Å². The van der Waals surface area contributed by atoms with Gasteiger partial charge in [-0.2, -0.15) is 13.2 Å². The first-order valence-electron chi connectivity index (χ1n) is 10.5. The molecule has 34 heavy (non-hydrogen) atoms. The molecule has 1 aliphatic carbocycles. The van der Waals surface area contributed by atoms with Crippen molar-refractivity contribution in [3.63, 3.8) is 0 Å². The molecular weight excluding hydrogens is 472 g/mol. The summed E-state index contributed by atoms with van der Waals surface area (Å²) < 4.78 is 56.5. The summed E-state index contributed by atoms with van der Waals surface area (Å²) >= 11 is 1.54. The second-order valence-electron chi connectivity index (χ2n) is 7.66. The third kappa shape index (κ3) is 5.79. The molecule has 12 heteroatoms. The van der Waals surface area contributed by atoms with Gasteiger partial charge in [-0.25, -0.2) is 19.3 Å². The Morgan fingerprint density at radius 3 is 2.68 bits per heavy atom. The molecule has 4 rings (SSSR count). The molecule has 1 fully saturated rings. The highest BCUT2D eigenvalue weighted by Crippen LogP contribution is 2.34. The molecule has 2 heterocycles. The van der Waals surface area contributed by atoms with Gasteiger partial charge in [-0.15, -0.1) is 0 Å². The van der Waals surface area contributed by atoms with Crippen LogP contribution in [0.25, 0.3) is 11.3 Å². The zero-order chi connectivity index (χ0) is 24.3. The van der Waals surface area contributed by atoms with Crippen LogP contribution in [-0.4, -0.2) is 31.1 Å². The van der Waals surface area contributed by atoms with Crippen LogP contribution in [0.2, 0.25) is 0 Å². The number of carbonyl (C=O) groups excluding carboxylic acids is 1. The molecule has 1 aromatic carbocycles. The molecule has 0 radical (unpaired) electrons. The number of hydrogen-bond acceptors (Lipinski definition) is 7. The van der Waals surface area contributed by atoms with E-state index in [1.807, 2.05) is 6.92 Å². The van der Waals surface area contributed by atoms with Crippen LogP contribution >= 0.6 is 11.9 Å². The smallest absolute Gasteiger partial charge is 0.323 e. The highest BCUT2D eigenvalue weighted by atomic mass is 32.2. The number of benzene rings is 1. The second kappa shape index (κ2) is 9.92. The number of halogens is 4. The van der Waals surface area contributed by atoms with Crippen LogP contribution in [-0.2, 0) is 11.0 Å².